The Hall–Kier alpha value is -3.19. The molecule has 7 fully saturated rings. The van der Waals surface area contributed by atoms with Crippen molar-refractivity contribution in [3.05, 3.63) is 130 Å². The lowest BCUT2D eigenvalue weighted by Gasteiger charge is -2.55. The molecule has 3 aromatic carbocycles. The Morgan fingerprint density at radius 2 is 0.879 bits per heavy atom. The molecule has 0 aliphatic heterocycles. The third-order valence-corrected chi connectivity index (χ3v) is 21.0. The number of ketones is 1. The minimum atomic E-state index is -0.0305. The van der Waals surface area contributed by atoms with Gasteiger partial charge >= 0.3 is 0 Å². The maximum atomic E-state index is 16.3. The topological polar surface area (TPSA) is 17.1 Å². The van der Waals surface area contributed by atoms with E-state index in [1.54, 1.807) is 16.7 Å². The zero-order chi connectivity index (χ0) is 46.4. The zero-order valence-electron chi connectivity index (χ0n) is 43.2. The van der Waals surface area contributed by atoms with Crippen LogP contribution in [0.4, 0.5) is 0 Å². The van der Waals surface area contributed by atoms with Crippen LogP contribution in [0, 0.1) is 93.7 Å². The predicted octanol–water partition coefficient (Wildman–Crippen LogP) is 16.7. The molecule has 0 aromatic heterocycles. The molecule has 0 bridgehead atoms. The maximum absolute atomic E-state index is 16.3. The Morgan fingerprint density at radius 1 is 0.439 bits per heavy atom. The number of carbonyl (C=O) groups excluding carboxylic acids is 1. The fourth-order valence-electron chi connectivity index (χ4n) is 18.3. The number of rotatable bonds is 4. The standard InChI is InChI=1S/C65H86O/c1-62(2,3)41-31-39(32-42(35-41)63(4,5)6)53-59-49-29-27-47-55-48(28-30-50(56(49)55)60(59)54(61(53)66)40-33-43(64(7,8)9)36-44(34-40)65(10,11)12)58-52(38-23-17-14-18-24-38)46-26-20-19-25-45(46)51(57(47)58)37-21-15-13-16-22-37/h13-18,21-24,31-35,43,45-60H,19-20,25-30,36H2,1-12H3. The number of benzene rings is 3. The summed E-state index contributed by atoms with van der Waals surface area (Å²) in [6.45, 7) is 28.9. The molecule has 0 spiro atoms. The van der Waals surface area contributed by atoms with Crippen LogP contribution >= 0.6 is 0 Å². The second-order valence-corrected chi connectivity index (χ2v) is 28.2. The number of allylic oxidation sites excluding steroid dienone is 4. The summed E-state index contributed by atoms with van der Waals surface area (Å²) in [6.07, 6.45) is 17.4. The van der Waals surface area contributed by atoms with Crippen molar-refractivity contribution >= 4 is 5.78 Å². The highest BCUT2D eigenvalue weighted by atomic mass is 16.1. The number of fused-ring (bicyclic) bond motifs is 7. The first-order chi connectivity index (χ1) is 31.2. The fraction of sp³-hybridized carbons (Fsp3) is 0.646. The summed E-state index contributed by atoms with van der Waals surface area (Å²) < 4.78 is 0. The maximum Gasteiger partial charge on any atom is 0.148 e. The molecule has 0 N–H and O–H groups in total. The molecule has 7 saturated carbocycles. The molecule has 1 heteroatoms. The molecule has 3 aromatic rings. The predicted molar refractivity (Wildman–Crippen MR) is 275 cm³/mol. The molecule has 11 rings (SSSR count). The number of Topliss-reactive ketones (excluding diaryl/α,β-unsaturated/α-hetero) is 1. The van der Waals surface area contributed by atoms with Crippen molar-refractivity contribution in [1.82, 2.24) is 0 Å². The van der Waals surface area contributed by atoms with Crippen molar-refractivity contribution < 1.29 is 4.79 Å². The molecule has 0 saturated heterocycles. The third kappa shape index (κ3) is 7.20. The molecule has 17 unspecified atom stereocenters. The van der Waals surface area contributed by atoms with E-state index in [2.05, 4.69) is 174 Å². The first-order valence-corrected chi connectivity index (χ1v) is 27.4. The smallest absolute Gasteiger partial charge is 0.148 e. The van der Waals surface area contributed by atoms with Crippen LogP contribution in [0.2, 0.25) is 0 Å². The minimum Gasteiger partial charge on any atom is -0.298 e. The van der Waals surface area contributed by atoms with Gasteiger partial charge in [-0.3, -0.25) is 4.79 Å². The van der Waals surface area contributed by atoms with E-state index < -0.39 is 0 Å². The highest BCUT2D eigenvalue weighted by Crippen LogP contribution is 2.77. The van der Waals surface area contributed by atoms with Crippen LogP contribution in [0.1, 0.15) is 186 Å². The summed E-state index contributed by atoms with van der Waals surface area (Å²) in [4.78, 5) is 16.3. The van der Waals surface area contributed by atoms with Gasteiger partial charge in [0.2, 0.25) is 0 Å². The lowest BCUT2D eigenvalue weighted by molar-refractivity contribution is -0.123. The summed E-state index contributed by atoms with van der Waals surface area (Å²) in [6, 6.07) is 31.7. The molecule has 0 radical (unpaired) electrons. The van der Waals surface area contributed by atoms with Gasteiger partial charge < -0.3 is 0 Å². The van der Waals surface area contributed by atoms with Gasteiger partial charge in [-0.1, -0.05) is 193 Å². The van der Waals surface area contributed by atoms with Gasteiger partial charge in [0.1, 0.15) is 5.78 Å². The Labute approximate surface area is 401 Å². The zero-order valence-corrected chi connectivity index (χ0v) is 43.2. The van der Waals surface area contributed by atoms with Crippen molar-refractivity contribution in [2.75, 3.05) is 0 Å². The molecule has 0 amide bonds. The largest absolute Gasteiger partial charge is 0.298 e. The van der Waals surface area contributed by atoms with Gasteiger partial charge in [-0.2, -0.15) is 0 Å². The van der Waals surface area contributed by atoms with E-state index >= 15 is 4.79 Å². The second-order valence-electron chi connectivity index (χ2n) is 28.2. The minimum absolute atomic E-state index is 0.00346. The lowest BCUT2D eigenvalue weighted by atomic mass is 9.49. The van der Waals surface area contributed by atoms with Crippen molar-refractivity contribution in [2.45, 2.75) is 169 Å². The Morgan fingerprint density at radius 3 is 1.30 bits per heavy atom. The normalized spacial score (nSPS) is 39.6. The van der Waals surface area contributed by atoms with E-state index in [4.69, 9.17) is 0 Å². The monoisotopic (exact) mass is 883 g/mol. The molecule has 8 aliphatic rings. The van der Waals surface area contributed by atoms with E-state index in [0.29, 0.717) is 47.2 Å². The Bertz CT molecular complexity index is 2270. The summed E-state index contributed by atoms with van der Waals surface area (Å²) in [5.74, 6) is 10.6. The van der Waals surface area contributed by atoms with Gasteiger partial charge in [0.05, 0.1) is 0 Å². The van der Waals surface area contributed by atoms with E-state index in [-0.39, 0.29) is 33.5 Å². The van der Waals surface area contributed by atoms with E-state index in [1.807, 2.05) is 0 Å². The summed E-state index contributed by atoms with van der Waals surface area (Å²) in [5, 5.41) is 0. The van der Waals surface area contributed by atoms with Crippen molar-refractivity contribution in [2.24, 2.45) is 93.7 Å². The molecule has 352 valence electrons. The van der Waals surface area contributed by atoms with Crippen LogP contribution in [-0.2, 0) is 15.6 Å². The van der Waals surface area contributed by atoms with Crippen LogP contribution in [0.25, 0.3) is 0 Å². The molecule has 0 heterocycles. The van der Waals surface area contributed by atoms with Crippen molar-refractivity contribution in [3.63, 3.8) is 0 Å². The van der Waals surface area contributed by atoms with E-state index in [1.165, 1.54) is 73.6 Å². The molecular weight excluding hydrogens is 797 g/mol. The van der Waals surface area contributed by atoms with Gasteiger partial charge in [-0.15, -0.1) is 0 Å². The Kier molecular flexibility index (Phi) is 10.9. The van der Waals surface area contributed by atoms with E-state index in [9.17, 15) is 0 Å². The highest BCUT2D eigenvalue weighted by molar-refractivity contribution is 5.94. The number of hydrogen-bond acceptors (Lipinski definition) is 1. The second kappa shape index (κ2) is 15.9. The summed E-state index contributed by atoms with van der Waals surface area (Å²) in [7, 11) is 0. The van der Waals surface area contributed by atoms with Crippen molar-refractivity contribution in [3.8, 4) is 0 Å². The van der Waals surface area contributed by atoms with Crippen molar-refractivity contribution in [1.29, 1.82) is 0 Å². The quantitative estimate of drug-likeness (QED) is 0.255. The van der Waals surface area contributed by atoms with Gasteiger partial charge in [0.25, 0.3) is 0 Å². The van der Waals surface area contributed by atoms with Crippen LogP contribution in [0.5, 0.6) is 0 Å². The molecule has 1 nitrogen and oxygen atoms in total. The highest BCUT2D eigenvalue weighted by Gasteiger charge is 2.72. The van der Waals surface area contributed by atoms with Gasteiger partial charge in [-0.05, 0) is 189 Å². The molecule has 17 atom stereocenters. The first kappa shape index (κ1) is 45.3. The van der Waals surface area contributed by atoms with Crippen LogP contribution in [0.15, 0.2) is 102 Å². The molecule has 8 aliphatic carbocycles. The average Bonchev–Trinajstić information content (AvgIpc) is 3.88. The van der Waals surface area contributed by atoms with Gasteiger partial charge in [0, 0.05) is 11.8 Å². The van der Waals surface area contributed by atoms with E-state index in [0.717, 1.165) is 53.8 Å². The Balaban J connectivity index is 1.08. The summed E-state index contributed by atoms with van der Waals surface area (Å²) >= 11 is 0. The van der Waals surface area contributed by atoms with Gasteiger partial charge in [0.15, 0.2) is 0 Å². The third-order valence-electron chi connectivity index (χ3n) is 21.0. The van der Waals surface area contributed by atoms with Crippen LogP contribution < -0.4 is 0 Å². The fourth-order valence-corrected chi connectivity index (χ4v) is 18.3. The lowest BCUT2D eigenvalue weighted by Crippen LogP contribution is -2.46. The van der Waals surface area contributed by atoms with Crippen LogP contribution in [0.3, 0.4) is 0 Å². The molecular formula is C65H86O. The van der Waals surface area contributed by atoms with Gasteiger partial charge in [-0.25, -0.2) is 0 Å². The SMILES string of the molecule is CC(C)(C)C1=CC(C2C(=O)C(c3cc(C(C)(C)C)cc(C(C)(C)C)c3)C3C4CCC5C6C(CCC(C23)C46)C2C(c3ccccc3)C3CCCCC3C(c3ccccc3)C52)=CC(C(C)(C)C)C1. The first-order valence-electron chi connectivity index (χ1n) is 27.4. The number of carbonyl (C=O) groups is 1. The molecule has 66 heavy (non-hydrogen) atoms. The average molecular weight is 883 g/mol. The number of hydrogen-bond donors (Lipinski definition) is 0. The summed E-state index contributed by atoms with van der Waals surface area (Å²) in [5.41, 5.74) is 10.7. The van der Waals surface area contributed by atoms with Crippen LogP contribution in [-0.4, -0.2) is 5.78 Å².